The highest BCUT2D eigenvalue weighted by Crippen LogP contribution is 2.30. The van der Waals surface area contributed by atoms with Crippen LogP contribution in [0.15, 0.2) is 35.1 Å². The second kappa shape index (κ2) is 8.96. The van der Waals surface area contributed by atoms with Crippen LogP contribution in [-0.4, -0.2) is 38.6 Å². The third-order valence-electron chi connectivity index (χ3n) is 3.93. The predicted octanol–water partition coefficient (Wildman–Crippen LogP) is 3.18. The van der Waals surface area contributed by atoms with Gasteiger partial charge in [0.2, 0.25) is 0 Å². The van der Waals surface area contributed by atoms with Crippen LogP contribution in [-0.2, 0) is 6.61 Å². The molecule has 1 amide bonds. The number of carbonyl (C=O) groups excluding carboxylic acids is 1. The Bertz CT molecular complexity index is 1200. The fraction of sp³-hybridized carbons (Fsp3) is 0.167. The van der Waals surface area contributed by atoms with Gasteiger partial charge in [0, 0.05) is 6.07 Å². The van der Waals surface area contributed by atoms with E-state index in [-0.39, 0.29) is 10.8 Å². The lowest BCUT2D eigenvalue weighted by molar-refractivity contribution is -0.153. The average Bonchev–Trinajstić information content (AvgIpc) is 3.09. The quantitative estimate of drug-likeness (QED) is 0.472. The number of anilines is 1. The van der Waals surface area contributed by atoms with Crippen molar-refractivity contribution in [3.05, 3.63) is 68.9 Å². The maximum atomic E-state index is 14.7. The Kier molecular flexibility index (Phi) is 6.50. The summed E-state index contributed by atoms with van der Waals surface area (Å²) >= 11 is 5.81. The lowest BCUT2D eigenvalue weighted by atomic mass is 10.1. The van der Waals surface area contributed by atoms with Crippen LogP contribution in [0.25, 0.3) is 5.69 Å². The number of alkyl halides is 3. The van der Waals surface area contributed by atoms with Gasteiger partial charge in [-0.2, -0.15) is 17.9 Å². The number of aliphatic hydroxyl groups is 1. The molecule has 0 atom stereocenters. The first-order chi connectivity index (χ1) is 15.0. The van der Waals surface area contributed by atoms with Crippen molar-refractivity contribution in [3.8, 4) is 11.4 Å². The highest BCUT2D eigenvalue weighted by molar-refractivity contribution is 6.34. The summed E-state index contributed by atoms with van der Waals surface area (Å²) in [5.74, 6) is -4.44. The highest BCUT2D eigenvalue weighted by Gasteiger charge is 2.30. The molecule has 32 heavy (non-hydrogen) atoms. The van der Waals surface area contributed by atoms with Crippen molar-refractivity contribution in [2.75, 3.05) is 11.9 Å². The molecule has 3 N–H and O–H groups in total. The number of nitrogens with zero attached hydrogens (tertiary/aromatic N) is 2. The molecule has 1 aromatic heterocycles. The molecule has 3 rings (SSSR count). The van der Waals surface area contributed by atoms with E-state index in [2.05, 4.69) is 14.8 Å². The van der Waals surface area contributed by atoms with E-state index < -0.39 is 65.3 Å². The number of para-hydroxylation sites is 1. The van der Waals surface area contributed by atoms with Gasteiger partial charge in [0.15, 0.2) is 12.4 Å². The van der Waals surface area contributed by atoms with Gasteiger partial charge < -0.3 is 15.2 Å². The molecular formula is C18H12ClF5N4O4. The van der Waals surface area contributed by atoms with Crippen LogP contribution in [0.2, 0.25) is 5.02 Å². The molecule has 170 valence electrons. The van der Waals surface area contributed by atoms with Gasteiger partial charge in [-0.15, -0.1) is 5.10 Å². The van der Waals surface area contributed by atoms with Gasteiger partial charge in [-0.1, -0.05) is 17.7 Å². The molecule has 0 saturated carbocycles. The van der Waals surface area contributed by atoms with Gasteiger partial charge in [-0.3, -0.25) is 9.78 Å². The zero-order chi connectivity index (χ0) is 23.6. The standard InChI is InChI=1S/C18H12ClF5N4O4/c19-9-2-1-3-10(20)15(9)26-16(30)8-4-11(21)12(5-13(8)32-7-18(22,23)24)28-17(31)25-14(6-29)27-28/h1-5,29H,6-7H2,(H,26,30)(H,25,27,31). The third-order valence-corrected chi connectivity index (χ3v) is 4.24. The Morgan fingerprint density at radius 2 is 1.97 bits per heavy atom. The van der Waals surface area contributed by atoms with Gasteiger partial charge in [0.1, 0.15) is 29.7 Å². The number of aromatic nitrogens is 3. The summed E-state index contributed by atoms with van der Waals surface area (Å²) in [6, 6.07) is 4.60. The summed E-state index contributed by atoms with van der Waals surface area (Å²) in [7, 11) is 0. The molecule has 0 aliphatic heterocycles. The minimum absolute atomic E-state index is 0.215. The number of amides is 1. The average molecular weight is 479 g/mol. The van der Waals surface area contributed by atoms with E-state index in [4.69, 9.17) is 16.7 Å². The van der Waals surface area contributed by atoms with E-state index in [1.54, 1.807) is 0 Å². The number of nitrogens with one attached hydrogen (secondary N) is 2. The monoisotopic (exact) mass is 478 g/mol. The Morgan fingerprint density at radius 3 is 2.56 bits per heavy atom. The van der Waals surface area contributed by atoms with Crippen LogP contribution < -0.4 is 15.7 Å². The molecule has 0 spiro atoms. The Labute approximate surface area is 180 Å². The van der Waals surface area contributed by atoms with Gasteiger partial charge in [0.05, 0.1) is 16.3 Å². The highest BCUT2D eigenvalue weighted by atomic mass is 35.5. The summed E-state index contributed by atoms with van der Waals surface area (Å²) in [4.78, 5) is 26.6. The van der Waals surface area contributed by atoms with Crippen molar-refractivity contribution in [3.63, 3.8) is 0 Å². The minimum Gasteiger partial charge on any atom is -0.483 e. The van der Waals surface area contributed by atoms with E-state index in [0.717, 1.165) is 6.07 Å². The van der Waals surface area contributed by atoms with E-state index in [9.17, 15) is 31.5 Å². The molecule has 1 heterocycles. The number of hydrogen-bond acceptors (Lipinski definition) is 5. The summed E-state index contributed by atoms with van der Waals surface area (Å²) < 4.78 is 71.7. The maximum Gasteiger partial charge on any atom is 0.422 e. The molecule has 0 radical (unpaired) electrons. The number of aromatic amines is 1. The molecule has 0 fully saturated rings. The summed E-state index contributed by atoms with van der Waals surface area (Å²) in [6.07, 6.45) is -4.82. The van der Waals surface area contributed by atoms with Crippen molar-refractivity contribution in [1.29, 1.82) is 0 Å². The smallest absolute Gasteiger partial charge is 0.422 e. The number of benzene rings is 2. The van der Waals surface area contributed by atoms with Gasteiger partial charge >= 0.3 is 11.9 Å². The van der Waals surface area contributed by atoms with Crippen LogP contribution in [0.3, 0.4) is 0 Å². The third kappa shape index (κ3) is 5.06. The summed E-state index contributed by atoms with van der Waals surface area (Å²) in [5, 5.41) is 14.5. The molecule has 0 aliphatic rings. The Morgan fingerprint density at radius 1 is 1.25 bits per heavy atom. The van der Waals surface area contributed by atoms with Gasteiger partial charge in [-0.05, 0) is 18.2 Å². The fourth-order valence-electron chi connectivity index (χ4n) is 2.56. The molecule has 0 bridgehead atoms. The first kappa shape index (κ1) is 23.2. The number of H-pyrrole nitrogens is 1. The largest absolute Gasteiger partial charge is 0.483 e. The van der Waals surface area contributed by atoms with Crippen molar-refractivity contribution in [2.45, 2.75) is 12.8 Å². The Balaban J connectivity index is 2.07. The first-order valence-electron chi connectivity index (χ1n) is 8.58. The van der Waals surface area contributed by atoms with E-state index >= 15 is 0 Å². The lowest BCUT2D eigenvalue weighted by Gasteiger charge is -2.15. The Hall–Kier alpha value is -3.45. The molecule has 2 aromatic carbocycles. The van der Waals surface area contributed by atoms with Gasteiger partial charge in [-0.25, -0.2) is 13.6 Å². The molecular weight excluding hydrogens is 467 g/mol. The van der Waals surface area contributed by atoms with Crippen LogP contribution in [0.1, 0.15) is 16.2 Å². The van der Waals surface area contributed by atoms with Crippen LogP contribution in [0.5, 0.6) is 5.75 Å². The summed E-state index contributed by atoms with van der Waals surface area (Å²) in [5.41, 5.74) is -2.89. The molecule has 0 aliphatic carbocycles. The normalized spacial score (nSPS) is 11.5. The minimum atomic E-state index is -4.82. The molecule has 8 nitrogen and oxygen atoms in total. The first-order valence-corrected chi connectivity index (χ1v) is 8.96. The lowest BCUT2D eigenvalue weighted by Crippen LogP contribution is -2.23. The summed E-state index contributed by atoms with van der Waals surface area (Å²) in [6.45, 7) is -2.55. The zero-order valence-corrected chi connectivity index (χ0v) is 16.4. The van der Waals surface area contributed by atoms with E-state index in [0.29, 0.717) is 16.8 Å². The van der Waals surface area contributed by atoms with Crippen molar-refractivity contribution < 1.29 is 36.6 Å². The number of aliphatic hydroxyl groups excluding tert-OH is 1. The van der Waals surface area contributed by atoms with Crippen molar-refractivity contribution in [2.24, 2.45) is 0 Å². The SMILES string of the molecule is O=C(Nc1c(F)cccc1Cl)c1cc(F)c(-n2nc(CO)[nH]c2=O)cc1OCC(F)(F)F. The molecule has 0 unspecified atom stereocenters. The zero-order valence-electron chi connectivity index (χ0n) is 15.6. The number of rotatable bonds is 6. The second-order valence-electron chi connectivity index (χ2n) is 6.20. The predicted molar refractivity (Wildman–Crippen MR) is 101 cm³/mol. The maximum absolute atomic E-state index is 14.7. The fourth-order valence-corrected chi connectivity index (χ4v) is 2.77. The topological polar surface area (TPSA) is 109 Å². The van der Waals surface area contributed by atoms with Crippen LogP contribution in [0.4, 0.5) is 27.6 Å². The van der Waals surface area contributed by atoms with Gasteiger partial charge in [0.25, 0.3) is 5.91 Å². The van der Waals surface area contributed by atoms with Crippen LogP contribution >= 0.6 is 11.6 Å². The number of hydrogen-bond donors (Lipinski definition) is 3. The molecule has 3 aromatic rings. The van der Waals surface area contributed by atoms with E-state index in [1.807, 2.05) is 5.32 Å². The number of ether oxygens (including phenoxy) is 1. The second-order valence-corrected chi connectivity index (χ2v) is 6.61. The number of carbonyl (C=O) groups is 1. The number of halogens is 6. The van der Waals surface area contributed by atoms with E-state index in [1.165, 1.54) is 12.1 Å². The molecule has 0 saturated heterocycles. The van der Waals surface area contributed by atoms with Crippen molar-refractivity contribution >= 4 is 23.2 Å². The van der Waals surface area contributed by atoms with Crippen molar-refractivity contribution in [1.82, 2.24) is 14.8 Å². The van der Waals surface area contributed by atoms with Crippen LogP contribution in [0, 0.1) is 11.6 Å². The molecule has 14 heteroatoms.